The Kier molecular flexibility index (Phi) is 16.3. The van der Waals surface area contributed by atoms with Gasteiger partial charge in [0.05, 0.1) is 0 Å². The maximum atomic E-state index is 6.05. The summed E-state index contributed by atoms with van der Waals surface area (Å²) in [6.07, 6.45) is 7.86. The lowest BCUT2D eigenvalue weighted by molar-refractivity contribution is 0.300. The first kappa shape index (κ1) is 34.0. The molecule has 0 saturated carbocycles. The second-order valence-electron chi connectivity index (χ2n) is 9.23. The van der Waals surface area contributed by atoms with E-state index in [0.717, 1.165) is 35.5 Å². The Labute approximate surface area is 244 Å². The predicted molar refractivity (Wildman–Crippen MR) is 175 cm³/mol. The van der Waals surface area contributed by atoms with Gasteiger partial charge >= 0.3 is 0 Å². The molecule has 40 heavy (non-hydrogen) atoms. The van der Waals surface area contributed by atoms with E-state index >= 15 is 0 Å². The van der Waals surface area contributed by atoms with Gasteiger partial charge in [-0.05, 0) is 84.7 Å². The number of hydrogen-bond acceptors (Lipinski definition) is 2. The van der Waals surface area contributed by atoms with Crippen LogP contribution in [0.2, 0.25) is 0 Å². The van der Waals surface area contributed by atoms with E-state index in [9.17, 15) is 0 Å². The fourth-order valence-corrected chi connectivity index (χ4v) is 4.00. The molecule has 0 aliphatic carbocycles. The zero-order valence-electron chi connectivity index (χ0n) is 25.8. The van der Waals surface area contributed by atoms with Crippen molar-refractivity contribution in [3.05, 3.63) is 143 Å². The molecule has 3 aromatic rings. The molecule has 212 valence electrons. The first-order valence-corrected chi connectivity index (χ1v) is 14.2. The summed E-state index contributed by atoms with van der Waals surface area (Å²) in [7, 11) is 0. The molecule has 0 N–H and O–H groups in total. The van der Waals surface area contributed by atoms with Crippen LogP contribution < -0.4 is 9.47 Å². The monoisotopic (exact) mass is 536 g/mol. The van der Waals surface area contributed by atoms with Crippen molar-refractivity contribution in [2.24, 2.45) is 0 Å². The molecule has 0 fully saturated rings. The summed E-state index contributed by atoms with van der Waals surface area (Å²) in [4.78, 5) is 0. The Hall–Kier alpha value is -4.00. The Balaban J connectivity index is 0.000000775. The highest BCUT2D eigenvalue weighted by atomic mass is 16.5. The largest absolute Gasteiger partial charge is 0.489 e. The normalized spacial score (nSPS) is 9.88. The Morgan fingerprint density at radius 2 is 1.55 bits per heavy atom. The second kappa shape index (κ2) is 19.1. The Morgan fingerprint density at radius 3 is 2.12 bits per heavy atom. The molecule has 3 aromatic carbocycles. The Morgan fingerprint density at radius 1 is 0.875 bits per heavy atom. The Bertz CT molecular complexity index is 1300. The molecule has 0 saturated heterocycles. The number of allylic oxidation sites excluding steroid dienone is 2. The van der Waals surface area contributed by atoms with Crippen LogP contribution in [0.25, 0.3) is 6.08 Å². The topological polar surface area (TPSA) is 18.5 Å². The highest BCUT2D eigenvalue weighted by Crippen LogP contribution is 2.23. The van der Waals surface area contributed by atoms with Crippen LogP contribution in [0.3, 0.4) is 0 Å². The second-order valence-corrected chi connectivity index (χ2v) is 9.23. The molecule has 0 radical (unpaired) electrons. The van der Waals surface area contributed by atoms with Crippen molar-refractivity contribution in [2.75, 3.05) is 6.61 Å². The van der Waals surface area contributed by atoms with E-state index in [1.807, 2.05) is 44.2 Å². The van der Waals surface area contributed by atoms with Crippen LogP contribution in [0.5, 0.6) is 11.5 Å². The quantitative estimate of drug-likeness (QED) is 0.179. The van der Waals surface area contributed by atoms with Gasteiger partial charge in [0.1, 0.15) is 24.7 Å². The van der Waals surface area contributed by atoms with E-state index in [1.165, 1.54) is 33.4 Å². The van der Waals surface area contributed by atoms with Crippen LogP contribution >= 0.6 is 0 Å². The van der Waals surface area contributed by atoms with Gasteiger partial charge in [-0.1, -0.05) is 114 Å². The first-order valence-electron chi connectivity index (χ1n) is 14.2. The summed E-state index contributed by atoms with van der Waals surface area (Å²) in [6.45, 7) is 26.7. The van der Waals surface area contributed by atoms with Gasteiger partial charge in [-0.25, -0.2) is 0 Å². The molecule has 0 heterocycles. The average molecular weight is 537 g/mol. The van der Waals surface area contributed by atoms with Crippen LogP contribution in [-0.4, -0.2) is 6.61 Å². The highest BCUT2D eigenvalue weighted by Gasteiger charge is 2.05. The summed E-state index contributed by atoms with van der Waals surface area (Å²) in [5.41, 5.74) is 12.4. The molecule has 0 atom stereocenters. The third-order valence-corrected chi connectivity index (χ3v) is 6.26. The molecule has 0 bridgehead atoms. The minimum Gasteiger partial charge on any atom is -0.489 e. The van der Waals surface area contributed by atoms with Crippen molar-refractivity contribution in [1.82, 2.24) is 0 Å². The summed E-state index contributed by atoms with van der Waals surface area (Å²) < 4.78 is 12.0. The van der Waals surface area contributed by atoms with E-state index in [0.29, 0.717) is 13.2 Å². The van der Waals surface area contributed by atoms with Crippen LogP contribution in [0.15, 0.2) is 109 Å². The maximum absolute atomic E-state index is 6.05. The smallest absolute Gasteiger partial charge is 0.123 e. The third kappa shape index (κ3) is 11.8. The van der Waals surface area contributed by atoms with E-state index < -0.39 is 0 Å². The molecule has 0 spiro atoms. The van der Waals surface area contributed by atoms with Crippen molar-refractivity contribution < 1.29 is 9.47 Å². The van der Waals surface area contributed by atoms with Crippen molar-refractivity contribution in [3.8, 4) is 11.5 Å². The lowest BCUT2D eigenvalue weighted by Crippen LogP contribution is -2.02. The molecule has 2 heteroatoms. The SMILES string of the molecule is C=C(/C=C\c1ccc(C)cc1C)COc1cccc(OCc2cccc(C)c2CC)c1.C=C=C(C=C)CC.CC. The van der Waals surface area contributed by atoms with Gasteiger partial charge in [-0.2, -0.15) is 0 Å². The molecule has 0 aliphatic rings. The van der Waals surface area contributed by atoms with Gasteiger partial charge in [-0.3, -0.25) is 0 Å². The van der Waals surface area contributed by atoms with Gasteiger partial charge in [0.2, 0.25) is 0 Å². The summed E-state index contributed by atoms with van der Waals surface area (Å²) in [5, 5.41) is 0. The average Bonchev–Trinajstić information content (AvgIpc) is 2.97. The van der Waals surface area contributed by atoms with Crippen LogP contribution in [0.4, 0.5) is 0 Å². The summed E-state index contributed by atoms with van der Waals surface area (Å²) in [6, 6.07) is 20.6. The number of benzene rings is 3. The van der Waals surface area contributed by atoms with E-state index in [1.54, 1.807) is 6.08 Å². The molecular weight excluding hydrogens is 488 g/mol. The zero-order valence-corrected chi connectivity index (χ0v) is 25.8. The molecule has 0 amide bonds. The van der Waals surface area contributed by atoms with Crippen molar-refractivity contribution in [2.45, 2.75) is 67.9 Å². The summed E-state index contributed by atoms with van der Waals surface area (Å²) in [5.74, 6) is 1.58. The van der Waals surface area contributed by atoms with Gasteiger partial charge in [0.25, 0.3) is 0 Å². The molecule has 2 nitrogen and oxygen atoms in total. The van der Waals surface area contributed by atoms with Gasteiger partial charge in [0.15, 0.2) is 0 Å². The minimum atomic E-state index is 0.433. The maximum Gasteiger partial charge on any atom is 0.123 e. The minimum absolute atomic E-state index is 0.433. The fourth-order valence-electron chi connectivity index (χ4n) is 4.00. The summed E-state index contributed by atoms with van der Waals surface area (Å²) >= 11 is 0. The molecular formula is C38H48O2. The van der Waals surface area contributed by atoms with Gasteiger partial charge in [0, 0.05) is 6.07 Å². The van der Waals surface area contributed by atoms with Gasteiger partial charge < -0.3 is 9.47 Å². The third-order valence-electron chi connectivity index (χ3n) is 6.26. The van der Waals surface area contributed by atoms with Crippen LogP contribution in [-0.2, 0) is 13.0 Å². The predicted octanol–water partition coefficient (Wildman–Crippen LogP) is 10.7. The molecule has 0 aromatic heterocycles. The van der Waals surface area contributed by atoms with Crippen LogP contribution in [0, 0.1) is 20.8 Å². The van der Waals surface area contributed by atoms with E-state index in [4.69, 9.17) is 9.47 Å². The van der Waals surface area contributed by atoms with Crippen molar-refractivity contribution in [3.63, 3.8) is 0 Å². The molecule has 0 unspecified atom stereocenters. The number of rotatable bonds is 11. The zero-order chi connectivity index (χ0) is 29.9. The van der Waals surface area contributed by atoms with Crippen molar-refractivity contribution in [1.29, 1.82) is 0 Å². The van der Waals surface area contributed by atoms with Crippen LogP contribution in [0.1, 0.15) is 67.5 Å². The first-order chi connectivity index (χ1) is 19.3. The lowest BCUT2D eigenvalue weighted by Gasteiger charge is -2.13. The van der Waals surface area contributed by atoms with E-state index in [2.05, 4.69) is 103 Å². The fraction of sp³-hybridized carbons (Fsp3) is 0.289. The number of aryl methyl sites for hydroxylation is 3. The standard InChI is InChI=1S/C29H32O2.C7H10.C2H6/c1-6-29-23(4)9-7-10-26(29)20-31-28-12-8-11-27(18-28)30-19-22(3)14-16-25-15-13-21(2)17-24(25)5;1-4-7(5-2)6-3;1-2/h7-18H,3,6,19-20H2,1-2,4-5H3;4H,1-2,6H2,3H3;1-2H3/b16-14-;;. The lowest BCUT2D eigenvalue weighted by atomic mass is 10.0. The molecule has 3 rings (SSSR count). The molecule has 0 aliphatic heterocycles. The van der Waals surface area contributed by atoms with E-state index in [-0.39, 0.29) is 0 Å². The number of hydrogen-bond donors (Lipinski definition) is 0. The van der Waals surface area contributed by atoms with Gasteiger partial charge in [-0.15, -0.1) is 5.73 Å². The number of ether oxygens (including phenoxy) is 2. The highest BCUT2D eigenvalue weighted by molar-refractivity contribution is 5.57. The van der Waals surface area contributed by atoms with Crippen molar-refractivity contribution >= 4 is 6.08 Å².